The van der Waals surface area contributed by atoms with Crippen LogP contribution in [0.4, 0.5) is 5.69 Å². The zero-order chi connectivity index (χ0) is 18.4. The van der Waals surface area contributed by atoms with Crippen LogP contribution in [-0.4, -0.2) is 34.9 Å². The van der Waals surface area contributed by atoms with Crippen LogP contribution in [0, 0.1) is 6.92 Å². The number of aromatic nitrogens is 6. The number of hydrogen-bond acceptors (Lipinski definition) is 6. The van der Waals surface area contributed by atoms with Gasteiger partial charge in [0, 0.05) is 40.9 Å². The second-order valence-electron chi connectivity index (χ2n) is 5.98. The van der Waals surface area contributed by atoms with Crippen LogP contribution in [-0.2, 0) is 0 Å². The third-order valence-electron chi connectivity index (χ3n) is 4.16. The maximum atomic E-state index is 12.4. The van der Waals surface area contributed by atoms with Gasteiger partial charge in [-0.1, -0.05) is 12.1 Å². The van der Waals surface area contributed by atoms with Crippen molar-refractivity contribution in [2.45, 2.75) is 6.92 Å². The lowest BCUT2D eigenvalue weighted by Crippen LogP contribution is -2.14. The van der Waals surface area contributed by atoms with Gasteiger partial charge in [-0.05, 0) is 25.1 Å². The second kappa shape index (κ2) is 5.99. The van der Waals surface area contributed by atoms with Crippen molar-refractivity contribution < 1.29 is 4.79 Å². The molecule has 0 atom stereocenters. The van der Waals surface area contributed by atoms with Crippen molar-refractivity contribution in [1.29, 1.82) is 0 Å². The first-order valence-electron chi connectivity index (χ1n) is 8.20. The summed E-state index contributed by atoms with van der Waals surface area (Å²) in [7, 11) is 0. The summed E-state index contributed by atoms with van der Waals surface area (Å²) in [5.41, 5.74) is 3.39. The van der Waals surface area contributed by atoms with Crippen molar-refractivity contribution in [3.8, 4) is 11.3 Å². The molecule has 0 fully saturated rings. The number of amides is 1. The monoisotopic (exact) mass is 375 g/mol. The van der Waals surface area contributed by atoms with E-state index in [-0.39, 0.29) is 11.7 Å². The average Bonchev–Trinajstić information content (AvgIpc) is 3.37. The van der Waals surface area contributed by atoms with Gasteiger partial charge in [0.25, 0.3) is 11.7 Å². The highest BCUT2D eigenvalue weighted by molar-refractivity contribution is 7.15. The van der Waals surface area contributed by atoms with E-state index in [2.05, 4.69) is 25.4 Å². The van der Waals surface area contributed by atoms with E-state index < -0.39 is 0 Å². The fraction of sp³-hybridized carbons (Fsp3) is 0.0556. The summed E-state index contributed by atoms with van der Waals surface area (Å²) in [6.45, 7) is 1.88. The van der Waals surface area contributed by atoms with Crippen LogP contribution in [0.2, 0.25) is 0 Å². The summed E-state index contributed by atoms with van der Waals surface area (Å²) in [5, 5.41) is 9.02. The lowest BCUT2D eigenvalue weighted by atomic mass is 10.1. The van der Waals surface area contributed by atoms with E-state index in [1.54, 1.807) is 22.0 Å². The molecule has 0 aliphatic carbocycles. The molecule has 1 amide bonds. The van der Waals surface area contributed by atoms with E-state index in [9.17, 15) is 4.79 Å². The van der Waals surface area contributed by atoms with Crippen molar-refractivity contribution >= 4 is 33.7 Å². The highest BCUT2D eigenvalue weighted by Crippen LogP contribution is 2.23. The van der Waals surface area contributed by atoms with Crippen LogP contribution >= 0.6 is 11.3 Å². The molecule has 27 heavy (non-hydrogen) atoms. The Morgan fingerprint density at radius 3 is 2.78 bits per heavy atom. The molecule has 0 aliphatic rings. The molecule has 8 nitrogen and oxygen atoms in total. The molecule has 0 radical (unpaired) electrons. The van der Waals surface area contributed by atoms with Crippen LogP contribution in [0.1, 0.15) is 16.3 Å². The Labute approximate surface area is 157 Å². The van der Waals surface area contributed by atoms with Gasteiger partial charge in [-0.25, -0.2) is 14.5 Å². The molecular formula is C18H13N7OS. The Kier molecular flexibility index (Phi) is 3.47. The highest BCUT2D eigenvalue weighted by atomic mass is 32.1. The molecule has 0 spiro atoms. The molecule has 132 valence electrons. The Balaban J connectivity index is 1.37. The predicted molar refractivity (Wildman–Crippen MR) is 102 cm³/mol. The summed E-state index contributed by atoms with van der Waals surface area (Å²) in [5.74, 6) is 0.0978. The third kappa shape index (κ3) is 2.74. The molecule has 4 aromatic heterocycles. The zero-order valence-electron chi connectivity index (χ0n) is 14.2. The van der Waals surface area contributed by atoms with Crippen LogP contribution in [0.5, 0.6) is 0 Å². The molecule has 0 saturated carbocycles. The minimum atomic E-state index is -0.379. The third-order valence-corrected chi connectivity index (χ3v) is 4.94. The molecule has 9 heteroatoms. The van der Waals surface area contributed by atoms with E-state index in [1.807, 2.05) is 59.4 Å². The minimum absolute atomic E-state index is 0.0789. The number of nitrogens with zero attached hydrogens (tertiary/aromatic N) is 6. The van der Waals surface area contributed by atoms with Crippen LogP contribution < -0.4 is 5.32 Å². The van der Waals surface area contributed by atoms with Crippen molar-refractivity contribution in [3.63, 3.8) is 0 Å². The molecule has 5 aromatic rings. The number of carbonyl (C=O) groups is 1. The maximum Gasteiger partial charge on any atom is 0.295 e. The molecule has 0 unspecified atom stereocenters. The fourth-order valence-corrected chi connectivity index (χ4v) is 3.48. The SMILES string of the molecule is Cc1ccnc2nc(C(=O)Nc3ccc(-c4cn5ccsc5n4)cc3)nn12. The largest absolute Gasteiger partial charge is 0.319 e. The topological polar surface area (TPSA) is 89.5 Å². The van der Waals surface area contributed by atoms with E-state index in [0.29, 0.717) is 11.5 Å². The number of fused-ring (bicyclic) bond motifs is 2. The van der Waals surface area contributed by atoms with Crippen LogP contribution in [0.15, 0.2) is 54.3 Å². The Bertz CT molecular complexity index is 1250. The second-order valence-corrected chi connectivity index (χ2v) is 6.86. The van der Waals surface area contributed by atoms with Crippen molar-refractivity contribution in [2.75, 3.05) is 5.32 Å². The number of imidazole rings is 1. The zero-order valence-corrected chi connectivity index (χ0v) is 15.0. The number of thiazole rings is 1. The summed E-state index contributed by atoms with van der Waals surface area (Å²) in [6.07, 6.45) is 5.60. The lowest BCUT2D eigenvalue weighted by molar-refractivity contribution is 0.101. The molecule has 1 N–H and O–H groups in total. The van der Waals surface area contributed by atoms with Gasteiger partial charge in [0.15, 0.2) is 4.96 Å². The van der Waals surface area contributed by atoms with Crippen molar-refractivity contribution in [3.05, 3.63) is 65.8 Å². The molecule has 0 saturated heterocycles. The molecular weight excluding hydrogens is 362 g/mol. The summed E-state index contributed by atoms with van der Waals surface area (Å²) < 4.78 is 3.53. The van der Waals surface area contributed by atoms with Gasteiger partial charge in [-0.3, -0.25) is 9.20 Å². The van der Waals surface area contributed by atoms with Gasteiger partial charge in [0.2, 0.25) is 5.82 Å². The summed E-state index contributed by atoms with van der Waals surface area (Å²) >= 11 is 1.59. The normalized spacial score (nSPS) is 11.3. The van der Waals surface area contributed by atoms with Gasteiger partial charge in [-0.15, -0.1) is 16.4 Å². The van der Waals surface area contributed by atoms with Gasteiger partial charge in [-0.2, -0.15) is 4.98 Å². The van der Waals surface area contributed by atoms with Gasteiger partial charge >= 0.3 is 0 Å². The molecule has 1 aromatic carbocycles. The molecule has 5 rings (SSSR count). The number of rotatable bonds is 3. The lowest BCUT2D eigenvalue weighted by Gasteiger charge is -2.03. The Hall–Kier alpha value is -3.59. The summed E-state index contributed by atoms with van der Waals surface area (Å²) in [6, 6.07) is 9.32. The predicted octanol–water partition coefficient (Wildman–Crippen LogP) is 3.06. The average molecular weight is 375 g/mol. The van der Waals surface area contributed by atoms with Crippen LogP contribution in [0.25, 0.3) is 22.0 Å². The van der Waals surface area contributed by atoms with Crippen molar-refractivity contribution in [1.82, 2.24) is 29.0 Å². The van der Waals surface area contributed by atoms with Crippen molar-refractivity contribution in [2.24, 2.45) is 0 Å². The van der Waals surface area contributed by atoms with E-state index in [4.69, 9.17) is 0 Å². The minimum Gasteiger partial charge on any atom is -0.319 e. The van der Waals surface area contributed by atoms with Gasteiger partial charge in [0.05, 0.1) is 5.69 Å². The number of anilines is 1. The number of nitrogens with one attached hydrogen (secondary N) is 1. The quantitative estimate of drug-likeness (QED) is 0.523. The highest BCUT2D eigenvalue weighted by Gasteiger charge is 2.15. The standard InChI is InChI=1S/C18H13N7OS/c1-11-6-7-19-17-22-15(23-25(11)17)16(26)20-13-4-2-12(3-5-13)14-10-24-8-9-27-18(24)21-14/h2-10H,1H3,(H,20,26). The van der Waals surface area contributed by atoms with E-state index in [1.165, 1.54) is 0 Å². The smallest absolute Gasteiger partial charge is 0.295 e. The van der Waals surface area contributed by atoms with E-state index in [0.717, 1.165) is 21.9 Å². The summed E-state index contributed by atoms with van der Waals surface area (Å²) in [4.78, 5) is 26.2. The number of aryl methyl sites for hydroxylation is 1. The fourth-order valence-electron chi connectivity index (χ4n) is 2.78. The number of hydrogen-bond donors (Lipinski definition) is 1. The van der Waals surface area contributed by atoms with Crippen LogP contribution in [0.3, 0.4) is 0 Å². The van der Waals surface area contributed by atoms with E-state index >= 15 is 0 Å². The van der Waals surface area contributed by atoms with Gasteiger partial charge in [0.1, 0.15) is 0 Å². The molecule has 0 bridgehead atoms. The first-order valence-corrected chi connectivity index (χ1v) is 9.08. The molecule has 4 heterocycles. The number of carbonyl (C=O) groups excluding carboxylic acids is 1. The molecule has 0 aliphatic heterocycles. The maximum absolute atomic E-state index is 12.4. The first-order chi connectivity index (χ1) is 13.2. The van der Waals surface area contributed by atoms with Gasteiger partial charge < -0.3 is 5.32 Å². The first kappa shape index (κ1) is 15.6. The Morgan fingerprint density at radius 1 is 1.15 bits per heavy atom. The Morgan fingerprint density at radius 2 is 2.00 bits per heavy atom. The number of benzene rings is 1.